The minimum atomic E-state index is -0.531. The summed E-state index contributed by atoms with van der Waals surface area (Å²) < 4.78 is 22.9. The Labute approximate surface area is 230 Å². The molecule has 0 saturated heterocycles. The van der Waals surface area contributed by atoms with Crippen LogP contribution < -0.4 is 24.4 Å². The number of nitrogens with zero attached hydrogens (tertiary/aromatic N) is 2. The van der Waals surface area contributed by atoms with Crippen LogP contribution in [0, 0.1) is 10.1 Å². The fourth-order valence-electron chi connectivity index (χ4n) is 3.67. The van der Waals surface area contributed by atoms with Gasteiger partial charge in [-0.1, -0.05) is 36.4 Å². The normalized spacial score (nSPS) is 10.7. The van der Waals surface area contributed by atoms with Gasteiger partial charge in [0, 0.05) is 17.7 Å². The number of methoxy groups -OCH3 is 2. The van der Waals surface area contributed by atoms with Gasteiger partial charge in [-0.05, 0) is 59.2 Å². The first-order chi connectivity index (χ1) is 19.5. The Balaban J connectivity index is 1.34. The number of carbonyl (C=O) groups excluding carboxylic acids is 1. The molecular weight excluding hydrogens is 514 g/mol. The third kappa shape index (κ3) is 7.35. The molecular formula is C30H27N3O7. The van der Waals surface area contributed by atoms with E-state index >= 15 is 0 Å². The molecule has 4 rings (SSSR count). The van der Waals surface area contributed by atoms with Crippen molar-refractivity contribution in [3.63, 3.8) is 0 Å². The minimum Gasteiger partial charge on any atom is -0.493 e. The SMILES string of the molecule is COc1cc(/C=N/NC(=O)c2ccc([N+](=O)[O-])cc2)ccc1OCc1ccc(OCc2ccccc2)c(OC)c1. The highest BCUT2D eigenvalue weighted by atomic mass is 16.6. The van der Waals surface area contributed by atoms with E-state index in [2.05, 4.69) is 10.5 Å². The number of non-ortho nitro benzene ring substituents is 1. The van der Waals surface area contributed by atoms with Gasteiger partial charge in [-0.2, -0.15) is 5.10 Å². The van der Waals surface area contributed by atoms with Gasteiger partial charge in [0.25, 0.3) is 11.6 Å². The number of nitro groups is 1. The summed E-state index contributed by atoms with van der Waals surface area (Å²) in [6, 6.07) is 26.0. The van der Waals surface area contributed by atoms with Gasteiger partial charge in [0.1, 0.15) is 13.2 Å². The van der Waals surface area contributed by atoms with Gasteiger partial charge in [-0.25, -0.2) is 5.43 Å². The second-order valence-corrected chi connectivity index (χ2v) is 8.46. The summed E-state index contributed by atoms with van der Waals surface area (Å²) in [5.41, 5.74) is 5.14. The smallest absolute Gasteiger partial charge is 0.271 e. The second-order valence-electron chi connectivity index (χ2n) is 8.46. The molecule has 0 aromatic heterocycles. The molecule has 0 heterocycles. The van der Waals surface area contributed by atoms with Gasteiger partial charge < -0.3 is 18.9 Å². The number of carbonyl (C=O) groups is 1. The molecule has 10 heteroatoms. The Morgan fingerprint density at radius 1 is 0.800 bits per heavy atom. The molecule has 40 heavy (non-hydrogen) atoms. The molecule has 4 aromatic rings. The van der Waals surface area contributed by atoms with Crippen molar-refractivity contribution >= 4 is 17.8 Å². The number of ether oxygens (including phenoxy) is 4. The first-order valence-corrected chi connectivity index (χ1v) is 12.2. The summed E-state index contributed by atoms with van der Waals surface area (Å²) in [5.74, 6) is 1.76. The second kappa shape index (κ2) is 13.4. The molecule has 0 atom stereocenters. The summed E-state index contributed by atoms with van der Waals surface area (Å²) in [6.45, 7) is 0.699. The lowest BCUT2D eigenvalue weighted by atomic mass is 10.2. The van der Waals surface area contributed by atoms with Crippen LogP contribution in [0.15, 0.2) is 96.1 Å². The lowest BCUT2D eigenvalue weighted by Gasteiger charge is -2.14. The van der Waals surface area contributed by atoms with Crippen LogP contribution in [0.3, 0.4) is 0 Å². The van der Waals surface area contributed by atoms with E-state index < -0.39 is 10.8 Å². The van der Waals surface area contributed by atoms with Crippen molar-refractivity contribution in [1.29, 1.82) is 0 Å². The number of amides is 1. The maximum absolute atomic E-state index is 12.2. The number of hydrazone groups is 1. The number of rotatable bonds is 12. The highest BCUT2D eigenvalue weighted by Crippen LogP contribution is 2.31. The largest absolute Gasteiger partial charge is 0.493 e. The average Bonchev–Trinajstić information content (AvgIpc) is 2.99. The molecule has 0 bridgehead atoms. The topological polar surface area (TPSA) is 122 Å². The van der Waals surface area contributed by atoms with Crippen LogP contribution in [0.4, 0.5) is 5.69 Å². The molecule has 1 amide bonds. The molecule has 0 fully saturated rings. The third-order valence-corrected chi connectivity index (χ3v) is 5.77. The van der Waals surface area contributed by atoms with Crippen LogP contribution in [0.5, 0.6) is 23.0 Å². The summed E-state index contributed by atoms with van der Waals surface area (Å²) in [4.78, 5) is 22.4. The van der Waals surface area contributed by atoms with E-state index in [9.17, 15) is 14.9 Å². The zero-order chi connectivity index (χ0) is 28.3. The lowest BCUT2D eigenvalue weighted by molar-refractivity contribution is -0.384. The van der Waals surface area contributed by atoms with E-state index in [4.69, 9.17) is 18.9 Å². The first kappa shape index (κ1) is 27.6. The Kier molecular flexibility index (Phi) is 9.28. The molecule has 10 nitrogen and oxygen atoms in total. The molecule has 0 aliphatic heterocycles. The van der Waals surface area contributed by atoms with Gasteiger partial charge in [-0.3, -0.25) is 14.9 Å². The Hall–Kier alpha value is -5.38. The van der Waals surface area contributed by atoms with E-state index in [0.29, 0.717) is 35.2 Å². The van der Waals surface area contributed by atoms with Crippen molar-refractivity contribution in [2.24, 2.45) is 5.10 Å². The Bertz CT molecular complexity index is 1490. The fraction of sp³-hybridized carbons (Fsp3) is 0.133. The third-order valence-electron chi connectivity index (χ3n) is 5.77. The summed E-state index contributed by atoms with van der Waals surface area (Å²) >= 11 is 0. The van der Waals surface area contributed by atoms with Gasteiger partial charge in [0.2, 0.25) is 0 Å². The lowest BCUT2D eigenvalue weighted by Crippen LogP contribution is -2.17. The van der Waals surface area contributed by atoms with Crippen molar-refractivity contribution in [2.45, 2.75) is 13.2 Å². The molecule has 0 aliphatic carbocycles. The van der Waals surface area contributed by atoms with E-state index in [1.54, 1.807) is 25.3 Å². The molecule has 0 spiro atoms. The van der Waals surface area contributed by atoms with Crippen molar-refractivity contribution in [3.05, 3.63) is 123 Å². The molecule has 0 aliphatic rings. The molecule has 0 saturated carbocycles. The molecule has 4 aromatic carbocycles. The Morgan fingerprint density at radius 3 is 2.08 bits per heavy atom. The van der Waals surface area contributed by atoms with E-state index in [1.165, 1.54) is 37.6 Å². The van der Waals surface area contributed by atoms with Crippen LogP contribution in [-0.2, 0) is 13.2 Å². The van der Waals surface area contributed by atoms with Gasteiger partial charge in [0.05, 0.1) is 25.4 Å². The first-order valence-electron chi connectivity index (χ1n) is 12.2. The monoisotopic (exact) mass is 541 g/mol. The number of nitrogens with one attached hydrogen (secondary N) is 1. The quantitative estimate of drug-likeness (QED) is 0.142. The zero-order valence-corrected chi connectivity index (χ0v) is 21.9. The maximum atomic E-state index is 12.2. The van der Waals surface area contributed by atoms with E-state index in [-0.39, 0.29) is 17.9 Å². The van der Waals surface area contributed by atoms with Gasteiger partial charge in [-0.15, -0.1) is 0 Å². The van der Waals surface area contributed by atoms with E-state index in [1.807, 2.05) is 48.5 Å². The highest BCUT2D eigenvalue weighted by molar-refractivity contribution is 5.95. The zero-order valence-electron chi connectivity index (χ0n) is 21.9. The molecule has 0 unspecified atom stereocenters. The predicted octanol–water partition coefficient (Wildman–Crippen LogP) is 5.53. The Morgan fingerprint density at radius 2 is 1.43 bits per heavy atom. The summed E-state index contributed by atoms with van der Waals surface area (Å²) in [6.07, 6.45) is 1.45. The highest BCUT2D eigenvalue weighted by Gasteiger charge is 2.11. The number of benzene rings is 4. The van der Waals surface area contributed by atoms with E-state index in [0.717, 1.165) is 11.1 Å². The van der Waals surface area contributed by atoms with Crippen LogP contribution in [0.2, 0.25) is 0 Å². The van der Waals surface area contributed by atoms with Gasteiger partial charge in [0.15, 0.2) is 23.0 Å². The molecule has 204 valence electrons. The van der Waals surface area contributed by atoms with Crippen LogP contribution >= 0.6 is 0 Å². The number of hydrogen-bond donors (Lipinski definition) is 1. The van der Waals surface area contributed by atoms with Crippen molar-refractivity contribution in [2.75, 3.05) is 14.2 Å². The predicted molar refractivity (Wildman–Crippen MR) is 149 cm³/mol. The van der Waals surface area contributed by atoms with Crippen molar-refractivity contribution in [1.82, 2.24) is 5.43 Å². The van der Waals surface area contributed by atoms with Crippen molar-refractivity contribution in [3.8, 4) is 23.0 Å². The van der Waals surface area contributed by atoms with Crippen LogP contribution in [0.25, 0.3) is 0 Å². The number of hydrogen-bond acceptors (Lipinski definition) is 8. The van der Waals surface area contributed by atoms with Crippen LogP contribution in [-0.4, -0.2) is 31.3 Å². The fourth-order valence-corrected chi connectivity index (χ4v) is 3.67. The average molecular weight is 542 g/mol. The standard InChI is InChI=1S/C30H27N3O7/c1-37-28-16-22(18-31-32-30(34)24-10-12-25(13-11-24)33(35)36)8-14-26(28)40-20-23-9-15-27(29(17-23)38-2)39-19-21-6-4-3-5-7-21/h3-18H,19-20H2,1-2H3,(H,32,34)/b31-18+. The number of nitro benzene ring substituents is 1. The molecule has 0 radical (unpaired) electrons. The van der Waals surface area contributed by atoms with Crippen LogP contribution in [0.1, 0.15) is 27.0 Å². The van der Waals surface area contributed by atoms with Crippen molar-refractivity contribution < 1.29 is 28.7 Å². The summed E-state index contributed by atoms with van der Waals surface area (Å²) in [5, 5.41) is 14.7. The summed E-state index contributed by atoms with van der Waals surface area (Å²) in [7, 11) is 3.12. The minimum absolute atomic E-state index is 0.0986. The molecule has 1 N–H and O–H groups in total. The maximum Gasteiger partial charge on any atom is 0.271 e. The van der Waals surface area contributed by atoms with Gasteiger partial charge >= 0.3 is 0 Å².